The summed E-state index contributed by atoms with van der Waals surface area (Å²) in [5.74, 6) is 3.15. The molecule has 2 rings (SSSR count). The second-order valence-corrected chi connectivity index (χ2v) is 7.12. The van der Waals surface area contributed by atoms with Crippen LogP contribution in [-0.2, 0) is 23.1 Å². The van der Waals surface area contributed by atoms with Gasteiger partial charge in [0.15, 0.2) is 11.8 Å². The summed E-state index contributed by atoms with van der Waals surface area (Å²) in [5, 5.41) is 14.9. The third kappa shape index (κ3) is 7.29. The maximum Gasteiger partial charge on any atom is 0.191 e. The Morgan fingerprint density at radius 3 is 2.85 bits per heavy atom. The van der Waals surface area contributed by atoms with Crippen molar-refractivity contribution >= 4 is 5.96 Å². The molecule has 148 valence electrons. The zero-order valence-electron chi connectivity index (χ0n) is 16.6. The van der Waals surface area contributed by atoms with E-state index >= 15 is 0 Å². The molecule has 8 nitrogen and oxygen atoms in total. The number of aryl methyl sites for hydroxylation is 1. The number of hydrogen-bond acceptors (Lipinski definition) is 5. The highest BCUT2D eigenvalue weighted by Crippen LogP contribution is 2.10. The number of guanidine groups is 1. The SMILES string of the molecule is Cc1nnc(CN=C(NCCOCCC(C)C)NCC2CCCO2)n1C. The van der Waals surface area contributed by atoms with Crippen LogP contribution in [0.25, 0.3) is 0 Å². The van der Waals surface area contributed by atoms with E-state index in [-0.39, 0.29) is 6.10 Å². The highest BCUT2D eigenvalue weighted by molar-refractivity contribution is 5.79. The quantitative estimate of drug-likeness (QED) is 0.370. The number of rotatable bonds is 10. The monoisotopic (exact) mass is 366 g/mol. The first-order valence-corrected chi connectivity index (χ1v) is 9.62. The van der Waals surface area contributed by atoms with Crippen LogP contribution < -0.4 is 10.6 Å². The van der Waals surface area contributed by atoms with Gasteiger partial charge in [-0.3, -0.25) is 0 Å². The average molecular weight is 367 g/mol. The molecule has 1 unspecified atom stereocenters. The number of aliphatic imine (C=N–C) groups is 1. The second kappa shape index (κ2) is 11.1. The number of nitrogens with one attached hydrogen (secondary N) is 2. The summed E-state index contributed by atoms with van der Waals surface area (Å²) in [4.78, 5) is 4.64. The van der Waals surface area contributed by atoms with E-state index in [1.807, 2.05) is 18.5 Å². The van der Waals surface area contributed by atoms with E-state index in [1.165, 1.54) is 0 Å². The third-order valence-corrected chi connectivity index (χ3v) is 4.46. The number of hydrogen-bond donors (Lipinski definition) is 2. The molecule has 8 heteroatoms. The molecule has 0 spiro atoms. The summed E-state index contributed by atoms with van der Waals surface area (Å²) in [7, 11) is 1.95. The van der Waals surface area contributed by atoms with E-state index in [2.05, 4.69) is 39.7 Å². The van der Waals surface area contributed by atoms with Gasteiger partial charge in [-0.15, -0.1) is 10.2 Å². The topological polar surface area (TPSA) is 85.6 Å². The first-order valence-electron chi connectivity index (χ1n) is 9.62. The molecule has 2 heterocycles. The Kier molecular flexibility index (Phi) is 8.84. The van der Waals surface area contributed by atoms with Gasteiger partial charge in [0, 0.05) is 33.4 Å². The Labute approximate surface area is 156 Å². The first kappa shape index (κ1) is 20.6. The lowest BCUT2D eigenvalue weighted by Gasteiger charge is -2.16. The molecule has 0 bridgehead atoms. The van der Waals surface area contributed by atoms with Crippen molar-refractivity contribution in [1.29, 1.82) is 0 Å². The van der Waals surface area contributed by atoms with Crippen LogP contribution in [0.15, 0.2) is 4.99 Å². The predicted octanol–water partition coefficient (Wildman–Crippen LogP) is 1.40. The molecular weight excluding hydrogens is 332 g/mol. The summed E-state index contributed by atoms with van der Waals surface area (Å²) in [6.07, 6.45) is 3.58. The lowest BCUT2D eigenvalue weighted by molar-refractivity contribution is 0.113. The Balaban J connectivity index is 1.79. The van der Waals surface area contributed by atoms with Crippen LogP contribution in [0.3, 0.4) is 0 Å². The molecule has 26 heavy (non-hydrogen) atoms. The molecule has 1 atom stereocenters. The summed E-state index contributed by atoms with van der Waals surface area (Å²) >= 11 is 0. The smallest absolute Gasteiger partial charge is 0.191 e. The normalized spacial score (nSPS) is 17.9. The molecular formula is C18H34N6O2. The largest absolute Gasteiger partial charge is 0.380 e. The van der Waals surface area contributed by atoms with Crippen LogP contribution in [0.2, 0.25) is 0 Å². The molecule has 1 aromatic heterocycles. The fourth-order valence-corrected chi connectivity index (χ4v) is 2.59. The minimum atomic E-state index is 0.265. The van der Waals surface area contributed by atoms with E-state index in [0.717, 1.165) is 56.6 Å². The van der Waals surface area contributed by atoms with Crippen molar-refractivity contribution in [2.24, 2.45) is 18.0 Å². The van der Waals surface area contributed by atoms with Crippen molar-refractivity contribution in [3.05, 3.63) is 11.6 Å². The zero-order valence-corrected chi connectivity index (χ0v) is 16.6. The van der Waals surface area contributed by atoms with Crippen LogP contribution in [0.1, 0.15) is 44.8 Å². The molecule has 0 amide bonds. The van der Waals surface area contributed by atoms with Gasteiger partial charge < -0.3 is 24.7 Å². The minimum absolute atomic E-state index is 0.265. The van der Waals surface area contributed by atoms with Crippen molar-refractivity contribution in [3.63, 3.8) is 0 Å². The van der Waals surface area contributed by atoms with Crippen LogP contribution in [0.4, 0.5) is 0 Å². The summed E-state index contributed by atoms with van der Waals surface area (Å²) < 4.78 is 13.3. The summed E-state index contributed by atoms with van der Waals surface area (Å²) in [6.45, 7) is 10.6. The first-order chi connectivity index (χ1) is 12.6. The van der Waals surface area contributed by atoms with Gasteiger partial charge in [0.1, 0.15) is 12.4 Å². The highest BCUT2D eigenvalue weighted by atomic mass is 16.5. The molecule has 0 aromatic carbocycles. The average Bonchev–Trinajstić information content (AvgIpc) is 3.24. The van der Waals surface area contributed by atoms with Crippen molar-refractivity contribution in [3.8, 4) is 0 Å². The molecule has 2 N–H and O–H groups in total. The zero-order chi connectivity index (χ0) is 18.8. The predicted molar refractivity (Wildman–Crippen MR) is 102 cm³/mol. The Morgan fingerprint density at radius 1 is 1.35 bits per heavy atom. The maximum atomic E-state index is 5.67. The van der Waals surface area contributed by atoms with Crippen LogP contribution >= 0.6 is 0 Å². The fourth-order valence-electron chi connectivity index (χ4n) is 2.59. The molecule has 0 saturated carbocycles. The molecule has 0 aliphatic carbocycles. The molecule has 1 fully saturated rings. The number of nitrogens with zero attached hydrogens (tertiary/aromatic N) is 4. The Hall–Kier alpha value is -1.67. The van der Waals surface area contributed by atoms with E-state index in [0.29, 0.717) is 25.6 Å². The Morgan fingerprint density at radius 2 is 2.19 bits per heavy atom. The number of ether oxygens (including phenoxy) is 2. The van der Waals surface area contributed by atoms with Gasteiger partial charge in [0.2, 0.25) is 0 Å². The molecule has 0 radical (unpaired) electrons. The van der Waals surface area contributed by atoms with E-state index < -0.39 is 0 Å². The van der Waals surface area contributed by atoms with Crippen molar-refractivity contribution < 1.29 is 9.47 Å². The van der Waals surface area contributed by atoms with Gasteiger partial charge in [-0.05, 0) is 32.1 Å². The standard InChI is InChI=1S/C18H34N6O2/c1-14(2)7-10-25-11-8-19-18(20-12-16-6-5-9-26-16)21-13-17-23-22-15(3)24(17)4/h14,16H,5-13H2,1-4H3,(H2,19,20,21). The van der Waals surface area contributed by atoms with E-state index in [4.69, 9.17) is 9.47 Å². The maximum absolute atomic E-state index is 5.67. The second-order valence-electron chi connectivity index (χ2n) is 7.12. The van der Waals surface area contributed by atoms with Gasteiger partial charge in [-0.1, -0.05) is 13.8 Å². The number of aromatic nitrogens is 3. The minimum Gasteiger partial charge on any atom is -0.380 e. The summed E-state index contributed by atoms with van der Waals surface area (Å²) in [6, 6.07) is 0. The van der Waals surface area contributed by atoms with E-state index in [1.54, 1.807) is 0 Å². The lowest BCUT2D eigenvalue weighted by Crippen LogP contribution is -2.42. The molecule has 1 aromatic rings. The van der Waals surface area contributed by atoms with E-state index in [9.17, 15) is 0 Å². The van der Waals surface area contributed by atoms with Gasteiger partial charge in [-0.25, -0.2) is 4.99 Å². The Bertz CT molecular complexity index is 552. The van der Waals surface area contributed by atoms with Crippen LogP contribution in [0, 0.1) is 12.8 Å². The molecule has 1 saturated heterocycles. The molecule has 1 aliphatic heterocycles. The van der Waals surface area contributed by atoms with Gasteiger partial charge in [-0.2, -0.15) is 0 Å². The highest BCUT2D eigenvalue weighted by Gasteiger charge is 2.15. The van der Waals surface area contributed by atoms with Crippen LogP contribution in [0.5, 0.6) is 0 Å². The van der Waals surface area contributed by atoms with Gasteiger partial charge in [0.25, 0.3) is 0 Å². The summed E-state index contributed by atoms with van der Waals surface area (Å²) in [5.41, 5.74) is 0. The molecule has 1 aliphatic rings. The van der Waals surface area contributed by atoms with Gasteiger partial charge >= 0.3 is 0 Å². The van der Waals surface area contributed by atoms with Crippen molar-refractivity contribution in [2.75, 3.05) is 32.9 Å². The van der Waals surface area contributed by atoms with Crippen LogP contribution in [-0.4, -0.2) is 59.7 Å². The van der Waals surface area contributed by atoms with Crippen molar-refractivity contribution in [2.45, 2.75) is 52.7 Å². The van der Waals surface area contributed by atoms with Gasteiger partial charge in [0.05, 0.1) is 12.7 Å². The van der Waals surface area contributed by atoms with Crippen molar-refractivity contribution in [1.82, 2.24) is 25.4 Å². The third-order valence-electron chi connectivity index (χ3n) is 4.46. The lowest BCUT2D eigenvalue weighted by atomic mass is 10.1. The fraction of sp³-hybridized carbons (Fsp3) is 0.833.